The highest BCUT2D eigenvalue weighted by atomic mass is 32.2. The predicted molar refractivity (Wildman–Crippen MR) is 195 cm³/mol. The molecule has 4 N–H and O–H groups in total. The number of hydrogen-bond donors (Lipinski definition) is 4. The van der Waals surface area contributed by atoms with Gasteiger partial charge in [0.25, 0.3) is 0 Å². The Bertz CT molecular complexity index is 1070. The van der Waals surface area contributed by atoms with Crippen LogP contribution in [0.2, 0.25) is 0 Å². The van der Waals surface area contributed by atoms with Crippen LogP contribution < -0.4 is 10.6 Å². The molecule has 0 aromatic heterocycles. The average molecular weight is 673 g/mol. The van der Waals surface area contributed by atoms with Crippen LogP contribution in [0.25, 0.3) is 0 Å². The number of benzene rings is 1. The summed E-state index contributed by atoms with van der Waals surface area (Å²) in [5.74, 6) is 0.530. The summed E-state index contributed by atoms with van der Waals surface area (Å²) >= 11 is -0.692. The van der Waals surface area contributed by atoms with Crippen LogP contribution in [0.1, 0.15) is 109 Å². The van der Waals surface area contributed by atoms with Crippen molar-refractivity contribution < 1.29 is 9.59 Å². The van der Waals surface area contributed by atoms with Gasteiger partial charge in [0.05, 0.1) is 19.1 Å². The smallest absolute Gasteiger partial charge is 0.239 e. The molecule has 2 atom stereocenters. The lowest BCUT2D eigenvalue weighted by Gasteiger charge is -2.25. The number of guanidine groups is 1. The zero-order valence-electron chi connectivity index (χ0n) is 29.4. The van der Waals surface area contributed by atoms with Crippen molar-refractivity contribution in [2.24, 2.45) is 0 Å². The normalized spacial score (nSPS) is 18.7. The largest absolute Gasteiger partial charge is 0.355 e. The van der Waals surface area contributed by atoms with E-state index in [1.807, 2.05) is 15.3 Å². The molecule has 2 aliphatic heterocycles. The molecule has 266 valence electrons. The Morgan fingerprint density at radius 2 is 1.30 bits per heavy atom. The molecule has 2 heterocycles. The topological polar surface area (TPSA) is 119 Å². The molecule has 0 aliphatic carbocycles. The number of carbonyl (C=O) groups excluding carboxylic acids is 2. The third-order valence-corrected chi connectivity index (χ3v) is 10.9. The van der Waals surface area contributed by atoms with Gasteiger partial charge in [0.2, 0.25) is 11.8 Å². The standard InChI is InChI=1S/C36H64N8O2S/c1-3-5-7-18-24-42-26-27-43(47(42)38)31-35(46)40-23-17-12-10-9-11-16-22-39-34(45)30-41-29-33(28-32-20-14-13-15-21-32)44(36(41)37)25-19-8-6-4-2/h13-15,20-21,33,37-38H,3-12,16-19,22-31H2,1-2H3,(H,39,45)(H,40,46). The molecule has 2 amide bonds. The molecule has 11 heteroatoms. The summed E-state index contributed by atoms with van der Waals surface area (Å²) in [6.07, 6.45) is 16.8. The minimum Gasteiger partial charge on any atom is -0.355 e. The Kier molecular flexibility index (Phi) is 19.0. The van der Waals surface area contributed by atoms with E-state index in [0.717, 1.165) is 90.5 Å². The van der Waals surface area contributed by atoms with Gasteiger partial charge < -0.3 is 20.4 Å². The maximum Gasteiger partial charge on any atom is 0.239 e. The molecule has 0 radical (unpaired) electrons. The summed E-state index contributed by atoms with van der Waals surface area (Å²) in [6, 6.07) is 10.7. The van der Waals surface area contributed by atoms with E-state index >= 15 is 0 Å². The second-order valence-corrected chi connectivity index (χ2v) is 14.8. The van der Waals surface area contributed by atoms with Crippen LogP contribution >= 0.6 is 0 Å². The number of nitrogens with zero attached hydrogens (tertiary/aromatic N) is 4. The van der Waals surface area contributed by atoms with Gasteiger partial charge >= 0.3 is 0 Å². The molecule has 10 nitrogen and oxygen atoms in total. The summed E-state index contributed by atoms with van der Waals surface area (Å²) in [4.78, 5) is 29.3. The fourth-order valence-corrected chi connectivity index (χ4v) is 7.84. The van der Waals surface area contributed by atoms with E-state index in [1.165, 1.54) is 44.1 Å². The monoisotopic (exact) mass is 672 g/mol. The van der Waals surface area contributed by atoms with Gasteiger partial charge in [-0.3, -0.25) is 19.8 Å². The van der Waals surface area contributed by atoms with Crippen LogP contribution in [0.5, 0.6) is 0 Å². The van der Waals surface area contributed by atoms with Crippen molar-refractivity contribution in [3.63, 3.8) is 0 Å². The van der Waals surface area contributed by atoms with Gasteiger partial charge in [-0.15, -0.1) is 0 Å². The Morgan fingerprint density at radius 1 is 0.745 bits per heavy atom. The fourth-order valence-electron chi connectivity index (χ4n) is 6.46. The number of carbonyl (C=O) groups is 2. The van der Waals surface area contributed by atoms with Gasteiger partial charge in [-0.25, -0.2) is 8.61 Å². The molecule has 3 rings (SSSR count). The zero-order valence-corrected chi connectivity index (χ0v) is 30.3. The first kappa shape index (κ1) is 38.9. The Balaban J connectivity index is 1.21. The van der Waals surface area contributed by atoms with Crippen molar-refractivity contribution in [2.75, 3.05) is 58.9 Å². The number of amides is 2. The lowest BCUT2D eigenvalue weighted by atomic mass is 10.1. The van der Waals surface area contributed by atoms with E-state index in [-0.39, 0.29) is 24.4 Å². The maximum atomic E-state index is 12.8. The fraction of sp³-hybridized carbons (Fsp3) is 0.750. The van der Waals surface area contributed by atoms with Crippen LogP contribution in [0.15, 0.2) is 30.3 Å². The molecule has 1 aromatic rings. The van der Waals surface area contributed by atoms with E-state index in [2.05, 4.69) is 58.0 Å². The summed E-state index contributed by atoms with van der Waals surface area (Å²) < 4.78 is 12.7. The Hall–Kier alpha value is -2.50. The first-order valence-corrected chi connectivity index (χ1v) is 19.7. The van der Waals surface area contributed by atoms with Gasteiger partial charge in [0.1, 0.15) is 0 Å². The second kappa shape index (κ2) is 23.0. The van der Waals surface area contributed by atoms with E-state index in [0.29, 0.717) is 25.6 Å². The van der Waals surface area contributed by atoms with E-state index < -0.39 is 11.1 Å². The van der Waals surface area contributed by atoms with Crippen molar-refractivity contribution in [1.29, 1.82) is 10.2 Å². The molecule has 0 spiro atoms. The van der Waals surface area contributed by atoms with E-state index in [9.17, 15) is 9.59 Å². The van der Waals surface area contributed by atoms with Gasteiger partial charge in [-0.1, -0.05) is 108 Å². The van der Waals surface area contributed by atoms with Gasteiger partial charge in [0.15, 0.2) is 5.96 Å². The first-order chi connectivity index (χ1) is 22.9. The lowest BCUT2D eigenvalue weighted by Crippen LogP contribution is -2.41. The highest BCUT2D eigenvalue weighted by molar-refractivity contribution is 7.81. The van der Waals surface area contributed by atoms with E-state index in [1.54, 1.807) is 0 Å². The summed E-state index contributed by atoms with van der Waals surface area (Å²) in [6.45, 7) is 10.6. The van der Waals surface area contributed by atoms with Crippen LogP contribution in [0.4, 0.5) is 0 Å². The molecular weight excluding hydrogens is 609 g/mol. The van der Waals surface area contributed by atoms with Gasteiger partial charge in [-0.2, -0.15) is 0 Å². The number of rotatable bonds is 25. The SMILES string of the molecule is CCCCCCN1C(=N)N(CC(=O)NCCCCCCCCNC(=O)CN2CCN(CCCCCC)S2=N)CC1Cc1ccccc1. The van der Waals surface area contributed by atoms with Crippen LogP contribution in [0, 0.1) is 10.2 Å². The summed E-state index contributed by atoms with van der Waals surface area (Å²) in [5.41, 5.74) is 1.28. The molecular formula is C36H64N8O2S. The third-order valence-electron chi connectivity index (χ3n) is 9.26. The Morgan fingerprint density at radius 3 is 1.94 bits per heavy atom. The van der Waals surface area contributed by atoms with Crippen molar-refractivity contribution >= 4 is 28.8 Å². The molecule has 2 aliphatic rings. The van der Waals surface area contributed by atoms with Gasteiger partial charge in [0, 0.05) is 56.9 Å². The van der Waals surface area contributed by atoms with Crippen molar-refractivity contribution in [2.45, 2.75) is 116 Å². The zero-order chi connectivity index (χ0) is 33.7. The van der Waals surface area contributed by atoms with Crippen molar-refractivity contribution in [3.8, 4) is 0 Å². The first-order valence-electron chi connectivity index (χ1n) is 18.6. The highest BCUT2D eigenvalue weighted by Gasteiger charge is 2.35. The minimum absolute atomic E-state index is 0.00247. The maximum absolute atomic E-state index is 12.8. The summed E-state index contributed by atoms with van der Waals surface area (Å²) in [7, 11) is 0. The van der Waals surface area contributed by atoms with Crippen LogP contribution in [-0.2, 0) is 27.1 Å². The Labute approximate surface area is 288 Å². The molecule has 1 aromatic carbocycles. The summed E-state index contributed by atoms with van der Waals surface area (Å²) in [5, 5.41) is 15.0. The molecule has 2 unspecified atom stereocenters. The molecule has 0 bridgehead atoms. The molecule has 2 fully saturated rings. The molecule has 2 saturated heterocycles. The lowest BCUT2D eigenvalue weighted by molar-refractivity contribution is -0.122. The third kappa shape index (κ3) is 14.7. The second-order valence-electron chi connectivity index (χ2n) is 13.2. The number of hydrogen-bond acceptors (Lipinski definition) is 4. The predicted octanol–water partition coefficient (Wildman–Crippen LogP) is 5.71. The van der Waals surface area contributed by atoms with Crippen LogP contribution in [-0.4, -0.2) is 101 Å². The van der Waals surface area contributed by atoms with Crippen LogP contribution in [0.3, 0.4) is 0 Å². The number of unbranched alkanes of at least 4 members (excludes halogenated alkanes) is 11. The molecule has 47 heavy (non-hydrogen) atoms. The number of nitrogens with one attached hydrogen (secondary N) is 4. The van der Waals surface area contributed by atoms with Crippen molar-refractivity contribution in [1.82, 2.24) is 29.0 Å². The van der Waals surface area contributed by atoms with Gasteiger partial charge in [-0.05, 0) is 37.7 Å². The van der Waals surface area contributed by atoms with E-state index in [4.69, 9.17) is 10.2 Å². The average Bonchev–Trinajstić information content (AvgIpc) is 3.55. The minimum atomic E-state index is -0.692. The highest BCUT2D eigenvalue weighted by Crippen LogP contribution is 2.20. The molecule has 0 saturated carbocycles. The quantitative estimate of drug-likeness (QED) is 0.0989. The van der Waals surface area contributed by atoms with Crippen molar-refractivity contribution in [3.05, 3.63) is 35.9 Å².